The number of benzene rings is 3. The van der Waals surface area contributed by atoms with E-state index in [0.29, 0.717) is 16.7 Å². The molecule has 0 aliphatic heterocycles. The highest BCUT2D eigenvalue weighted by atomic mass is 32.2. The Morgan fingerprint density at radius 3 is 2.60 bits per heavy atom. The monoisotopic (exact) mass is 425 g/mol. The predicted molar refractivity (Wildman–Crippen MR) is 112 cm³/mol. The third kappa shape index (κ3) is 3.82. The maximum absolute atomic E-state index is 12.3. The molecule has 4 aromatic rings. The topological polar surface area (TPSA) is 106 Å². The molecule has 0 spiro atoms. The molecule has 0 unspecified atom stereocenters. The van der Waals surface area contributed by atoms with Crippen LogP contribution >= 0.6 is 0 Å². The molecule has 154 valence electrons. The second-order valence-corrected chi connectivity index (χ2v) is 8.94. The summed E-state index contributed by atoms with van der Waals surface area (Å²) in [5, 5.41) is 12.6. The van der Waals surface area contributed by atoms with E-state index >= 15 is 0 Å². The van der Waals surface area contributed by atoms with E-state index in [4.69, 9.17) is 4.84 Å². The molecule has 1 amide bonds. The smallest absolute Gasteiger partial charge is 0.265 e. The average molecular weight is 425 g/mol. The van der Waals surface area contributed by atoms with Crippen molar-refractivity contribution in [3.63, 3.8) is 0 Å². The van der Waals surface area contributed by atoms with E-state index in [1.54, 1.807) is 0 Å². The highest BCUT2D eigenvalue weighted by molar-refractivity contribution is 7.89. The van der Waals surface area contributed by atoms with Crippen LogP contribution in [0.5, 0.6) is 0 Å². The van der Waals surface area contributed by atoms with Crippen LogP contribution in [0.4, 0.5) is 5.69 Å². The van der Waals surface area contributed by atoms with Crippen molar-refractivity contribution in [2.75, 3.05) is 26.0 Å². The zero-order valence-corrected chi connectivity index (χ0v) is 17.1. The molecule has 4 rings (SSSR count). The van der Waals surface area contributed by atoms with Crippen molar-refractivity contribution in [1.82, 2.24) is 19.5 Å². The van der Waals surface area contributed by atoms with Crippen LogP contribution in [0.1, 0.15) is 0 Å². The molecule has 0 aliphatic carbocycles. The van der Waals surface area contributed by atoms with Crippen molar-refractivity contribution in [1.29, 1.82) is 0 Å². The first-order valence-electron chi connectivity index (χ1n) is 9.04. The molecule has 30 heavy (non-hydrogen) atoms. The van der Waals surface area contributed by atoms with Crippen LogP contribution in [-0.2, 0) is 14.8 Å². The van der Waals surface area contributed by atoms with Crippen LogP contribution in [0.2, 0.25) is 0 Å². The van der Waals surface area contributed by atoms with E-state index in [1.807, 2.05) is 42.5 Å². The second kappa shape index (κ2) is 7.73. The largest absolute Gasteiger partial charge is 0.385 e. The van der Waals surface area contributed by atoms with Crippen molar-refractivity contribution < 1.29 is 18.0 Å². The Balaban J connectivity index is 1.49. The van der Waals surface area contributed by atoms with Gasteiger partial charge in [0.15, 0.2) is 6.61 Å². The molecule has 0 saturated heterocycles. The van der Waals surface area contributed by atoms with Crippen LogP contribution < -0.4 is 10.2 Å². The number of fused-ring (bicyclic) bond motifs is 2. The maximum Gasteiger partial charge on any atom is 0.265 e. The summed E-state index contributed by atoms with van der Waals surface area (Å²) in [5.41, 5.74) is 1.43. The van der Waals surface area contributed by atoms with Crippen molar-refractivity contribution in [2.45, 2.75) is 4.90 Å². The van der Waals surface area contributed by atoms with Crippen LogP contribution in [0.25, 0.3) is 21.8 Å². The van der Waals surface area contributed by atoms with E-state index < -0.39 is 10.0 Å². The lowest BCUT2D eigenvalue weighted by Gasteiger charge is -2.11. The molecule has 0 aliphatic rings. The molecular formula is C20H19N5O4S. The van der Waals surface area contributed by atoms with E-state index in [2.05, 4.69) is 15.6 Å². The molecule has 10 heteroatoms. The van der Waals surface area contributed by atoms with Crippen LogP contribution in [-0.4, -0.2) is 54.5 Å². The van der Waals surface area contributed by atoms with Gasteiger partial charge in [-0.25, -0.2) is 12.7 Å². The molecule has 1 aromatic heterocycles. The Morgan fingerprint density at radius 2 is 1.83 bits per heavy atom. The van der Waals surface area contributed by atoms with Crippen molar-refractivity contribution in [3.05, 3.63) is 60.7 Å². The van der Waals surface area contributed by atoms with Gasteiger partial charge in [-0.3, -0.25) is 4.79 Å². The summed E-state index contributed by atoms with van der Waals surface area (Å²) in [5.74, 6) is -0.383. The number of anilines is 1. The minimum atomic E-state index is -3.62. The normalized spacial score (nSPS) is 11.8. The van der Waals surface area contributed by atoms with Gasteiger partial charge in [-0.1, -0.05) is 35.2 Å². The summed E-state index contributed by atoms with van der Waals surface area (Å²) in [6, 6.07) is 17.8. The minimum absolute atomic E-state index is 0.0766. The number of rotatable bonds is 6. The predicted octanol–water partition coefficient (Wildman–Crippen LogP) is 1.90. The highest BCUT2D eigenvalue weighted by Gasteiger charge is 2.19. The number of sulfonamides is 1. The average Bonchev–Trinajstić information content (AvgIpc) is 3.14. The third-order valence-electron chi connectivity index (χ3n) is 4.52. The first-order chi connectivity index (χ1) is 14.3. The standard InChI is InChI=1S/C20H19N5O4S/c1-24(2)30(27,28)17-9-10-18-19(12-17)25(23-22-18)29-13-20(26)21-16-8-7-14-5-3-4-6-15(14)11-16/h3-12H,13H2,1-2H3,(H,21,26). The van der Waals surface area contributed by atoms with Crippen LogP contribution in [0.3, 0.4) is 0 Å². The number of hydrogen-bond donors (Lipinski definition) is 1. The summed E-state index contributed by atoms with van der Waals surface area (Å²) in [4.78, 5) is 18.8. The van der Waals surface area contributed by atoms with Gasteiger partial charge in [0, 0.05) is 19.8 Å². The number of carbonyl (C=O) groups is 1. The zero-order valence-electron chi connectivity index (χ0n) is 16.3. The number of aromatic nitrogens is 3. The second-order valence-electron chi connectivity index (χ2n) is 6.78. The third-order valence-corrected chi connectivity index (χ3v) is 6.33. The summed E-state index contributed by atoms with van der Waals surface area (Å²) >= 11 is 0. The molecule has 3 aromatic carbocycles. The van der Waals surface area contributed by atoms with Gasteiger partial charge in [0.1, 0.15) is 11.0 Å². The first kappa shape index (κ1) is 19.8. The van der Waals surface area contributed by atoms with E-state index in [9.17, 15) is 13.2 Å². The van der Waals surface area contributed by atoms with E-state index in [1.165, 1.54) is 32.3 Å². The summed E-state index contributed by atoms with van der Waals surface area (Å²) < 4.78 is 25.8. The van der Waals surface area contributed by atoms with Gasteiger partial charge < -0.3 is 10.2 Å². The van der Waals surface area contributed by atoms with Gasteiger partial charge in [-0.15, -0.1) is 5.10 Å². The number of carbonyl (C=O) groups excluding carboxylic acids is 1. The van der Waals surface area contributed by atoms with E-state index in [-0.39, 0.29) is 17.4 Å². The van der Waals surface area contributed by atoms with Crippen molar-refractivity contribution in [3.8, 4) is 0 Å². The molecule has 0 fully saturated rings. The fourth-order valence-corrected chi connectivity index (χ4v) is 3.85. The van der Waals surface area contributed by atoms with Gasteiger partial charge in [0.25, 0.3) is 5.91 Å². The van der Waals surface area contributed by atoms with Gasteiger partial charge in [0.05, 0.1) is 4.90 Å². The first-order valence-corrected chi connectivity index (χ1v) is 10.5. The Kier molecular flexibility index (Phi) is 5.10. The maximum atomic E-state index is 12.3. The number of nitrogens with zero attached hydrogens (tertiary/aromatic N) is 4. The fraction of sp³-hybridized carbons (Fsp3) is 0.150. The Bertz CT molecular complexity index is 1350. The lowest BCUT2D eigenvalue weighted by atomic mass is 10.1. The summed E-state index contributed by atoms with van der Waals surface area (Å²) in [7, 11) is -0.729. The number of hydrogen-bond acceptors (Lipinski definition) is 6. The highest BCUT2D eigenvalue weighted by Crippen LogP contribution is 2.20. The summed E-state index contributed by atoms with van der Waals surface area (Å²) in [6.45, 7) is -0.323. The Labute approximate surface area is 172 Å². The fourth-order valence-electron chi connectivity index (χ4n) is 2.93. The van der Waals surface area contributed by atoms with Gasteiger partial charge in [-0.05, 0) is 46.3 Å². The molecule has 9 nitrogen and oxygen atoms in total. The Morgan fingerprint density at radius 1 is 1.07 bits per heavy atom. The molecule has 0 atom stereocenters. The lowest BCUT2D eigenvalue weighted by molar-refractivity contribution is -0.121. The molecule has 0 radical (unpaired) electrons. The SMILES string of the molecule is CN(C)S(=O)(=O)c1ccc2nnn(OCC(=O)Nc3ccc4ccccc4c3)c2c1. The van der Waals surface area contributed by atoms with Crippen molar-refractivity contribution in [2.24, 2.45) is 0 Å². The molecule has 1 N–H and O–H groups in total. The van der Waals surface area contributed by atoms with Crippen LogP contribution in [0.15, 0.2) is 65.6 Å². The van der Waals surface area contributed by atoms with Crippen LogP contribution in [0, 0.1) is 0 Å². The molecule has 0 saturated carbocycles. The minimum Gasteiger partial charge on any atom is -0.385 e. The number of nitrogens with one attached hydrogen (secondary N) is 1. The van der Waals surface area contributed by atoms with E-state index in [0.717, 1.165) is 19.9 Å². The molecular weight excluding hydrogens is 406 g/mol. The van der Waals surface area contributed by atoms with Gasteiger partial charge >= 0.3 is 0 Å². The van der Waals surface area contributed by atoms with Crippen molar-refractivity contribution >= 4 is 43.4 Å². The zero-order chi connectivity index (χ0) is 21.3. The lowest BCUT2D eigenvalue weighted by Crippen LogP contribution is -2.26. The van der Waals surface area contributed by atoms with Gasteiger partial charge in [-0.2, -0.15) is 0 Å². The quantitative estimate of drug-likeness (QED) is 0.506. The van der Waals surface area contributed by atoms with Gasteiger partial charge in [0.2, 0.25) is 10.0 Å². The summed E-state index contributed by atoms with van der Waals surface area (Å²) in [6.07, 6.45) is 0. The number of amides is 1. The molecule has 1 heterocycles. The Hall–Kier alpha value is -3.50. The molecule has 0 bridgehead atoms.